The summed E-state index contributed by atoms with van der Waals surface area (Å²) in [4.78, 5) is 13.6. The van der Waals surface area contributed by atoms with Crippen molar-refractivity contribution in [2.45, 2.75) is 39.7 Å². The molecule has 16 heavy (non-hydrogen) atoms. The fourth-order valence-corrected chi connectivity index (χ4v) is 1.64. The van der Waals surface area contributed by atoms with Gasteiger partial charge in [-0.3, -0.25) is 4.79 Å². The highest BCUT2D eigenvalue weighted by atomic mass is 16.5. The highest BCUT2D eigenvalue weighted by Gasteiger charge is 2.21. The second kappa shape index (κ2) is 6.86. The van der Waals surface area contributed by atoms with Gasteiger partial charge in [0, 0.05) is 27.3 Å². The Morgan fingerprint density at radius 1 is 1.44 bits per heavy atom. The number of carbonyl (C=O) groups is 1. The molecule has 0 aliphatic rings. The summed E-state index contributed by atoms with van der Waals surface area (Å²) < 4.78 is 4.93. The molecule has 96 valence electrons. The molecule has 0 spiro atoms. The van der Waals surface area contributed by atoms with E-state index in [1.807, 2.05) is 7.05 Å². The second-order valence-electron chi connectivity index (χ2n) is 5.50. The van der Waals surface area contributed by atoms with Gasteiger partial charge in [-0.15, -0.1) is 0 Å². The molecule has 0 fully saturated rings. The number of ether oxygens (including phenoxy) is 1. The van der Waals surface area contributed by atoms with Gasteiger partial charge in [-0.1, -0.05) is 20.8 Å². The molecule has 0 heterocycles. The van der Waals surface area contributed by atoms with E-state index >= 15 is 0 Å². The standard InChI is InChI=1S/C12H26N2O2/c1-12(2,3)9-14(4)11(15)10(13)7-6-8-16-5/h10H,6-9,13H2,1-5H3. The molecule has 0 rings (SSSR count). The van der Waals surface area contributed by atoms with Gasteiger partial charge in [0.25, 0.3) is 0 Å². The predicted molar refractivity (Wildman–Crippen MR) is 66.2 cm³/mol. The van der Waals surface area contributed by atoms with Gasteiger partial charge in [-0.2, -0.15) is 0 Å². The summed E-state index contributed by atoms with van der Waals surface area (Å²) in [6, 6.07) is -0.400. The van der Waals surface area contributed by atoms with Crippen LogP contribution in [0.2, 0.25) is 0 Å². The molecule has 1 amide bonds. The largest absolute Gasteiger partial charge is 0.385 e. The maximum absolute atomic E-state index is 11.9. The first-order valence-electron chi connectivity index (χ1n) is 5.77. The molecule has 0 saturated carbocycles. The quantitative estimate of drug-likeness (QED) is 0.699. The Labute approximate surface area is 99.1 Å². The molecule has 0 radical (unpaired) electrons. The fraction of sp³-hybridized carbons (Fsp3) is 0.917. The number of methoxy groups -OCH3 is 1. The molecule has 0 aromatic heterocycles. The summed E-state index contributed by atoms with van der Waals surface area (Å²) in [7, 11) is 3.46. The van der Waals surface area contributed by atoms with Gasteiger partial charge >= 0.3 is 0 Å². The van der Waals surface area contributed by atoms with Gasteiger partial charge in [-0.05, 0) is 18.3 Å². The van der Waals surface area contributed by atoms with Crippen LogP contribution >= 0.6 is 0 Å². The lowest BCUT2D eigenvalue weighted by Crippen LogP contribution is -2.44. The molecular weight excluding hydrogens is 204 g/mol. The average molecular weight is 230 g/mol. The first kappa shape index (κ1) is 15.4. The molecule has 0 bridgehead atoms. The van der Waals surface area contributed by atoms with Crippen molar-refractivity contribution in [1.29, 1.82) is 0 Å². The van der Waals surface area contributed by atoms with E-state index in [9.17, 15) is 4.79 Å². The Balaban J connectivity index is 4.02. The lowest BCUT2D eigenvalue weighted by atomic mass is 9.96. The Morgan fingerprint density at radius 3 is 2.44 bits per heavy atom. The van der Waals surface area contributed by atoms with Crippen LogP contribution in [0.4, 0.5) is 0 Å². The van der Waals surface area contributed by atoms with Crippen LogP contribution in [0.25, 0.3) is 0 Å². The van der Waals surface area contributed by atoms with Gasteiger partial charge in [0.05, 0.1) is 6.04 Å². The van der Waals surface area contributed by atoms with E-state index in [4.69, 9.17) is 10.5 Å². The Hall–Kier alpha value is -0.610. The third-order valence-corrected chi connectivity index (χ3v) is 2.27. The van der Waals surface area contributed by atoms with Crippen molar-refractivity contribution >= 4 is 5.91 Å². The van der Waals surface area contributed by atoms with E-state index in [2.05, 4.69) is 20.8 Å². The minimum atomic E-state index is -0.400. The average Bonchev–Trinajstić information content (AvgIpc) is 2.14. The highest BCUT2D eigenvalue weighted by Crippen LogP contribution is 2.14. The van der Waals surface area contributed by atoms with Crippen LogP contribution in [-0.4, -0.2) is 44.2 Å². The minimum absolute atomic E-state index is 0.0195. The molecule has 0 aliphatic heterocycles. The first-order valence-corrected chi connectivity index (χ1v) is 5.77. The van der Waals surface area contributed by atoms with Gasteiger partial charge < -0.3 is 15.4 Å². The molecule has 4 nitrogen and oxygen atoms in total. The maximum atomic E-state index is 11.9. The lowest BCUT2D eigenvalue weighted by molar-refractivity contribution is -0.132. The molecule has 1 atom stereocenters. The van der Waals surface area contributed by atoms with Gasteiger partial charge in [-0.25, -0.2) is 0 Å². The Kier molecular flexibility index (Phi) is 6.60. The maximum Gasteiger partial charge on any atom is 0.239 e. The van der Waals surface area contributed by atoms with Crippen molar-refractivity contribution < 1.29 is 9.53 Å². The van der Waals surface area contributed by atoms with Crippen molar-refractivity contribution in [2.75, 3.05) is 27.3 Å². The Morgan fingerprint density at radius 2 is 2.00 bits per heavy atom. The minimum Gasteiger partial charge on any atom is -0.385 e. The summed E-state index contributed by atoms with van der Waals surface area (Å²) in [6.45, 7) is 7.70. The van der Waals surface area contributed by atoms with Gasteiger partial charge in [0.15, 0.2) is 0 Å². The summed E-state index contributed by atoms with van der Waals surface area (Å²) >= 11 is 0. The predicted octanol–water partition coefficient (Wildman–Crippen LogP) is 1.24. The van der Waals surface area contributed by atoms with Crippen molar-refractivity contribution in [3.8, 4) is 0 Å². The summed E-state index contributed by atoms with van der Waals surface area (Å²) in [5.74, 6) is 0.0195. The van der Waals surface area contributed by atoms with Crippen molar-refractivity contribution in [2.24, 2.45) is 11.1 Å². The molecule has 0 aromatic rings. The number of likely N-dealkylation sites (N-methyl/N-ethyl adjacent to an activating group) is 1. The van der Waals surface area contributed by atoms with Crippen molar-refractivity contribution in [1.82, 2.24) is 4.90 Å². The molecule has 0 aromatic carbocycles. The van der Waals surface area contributed by atoms with E-state index in [1.165, 1.54) is 0 Å². The number of rotatable bonds is 6. The highest BCUT2D eigenvalue weighted by molar-refractivity contribution is 5.81. The zero-order valence-electron chi connectivity index (χ0n) is 11.2. The van der Waals surface area contributed by atoms with Crippen LogP contribution in [0.15, 0.2) is 0 Å². The van der Waals surface area contributed by atoms with Crippen LogP contribution in [0, 0.1) is 5.41 Å². The number of nitrogens with two attached hydrogens (primary N) is 1. The second-order valence-corrected chi connectivity index (χ2v) is 5.50. The number of carbonyl (C=O) groups excluding carboxylic acids is 1. The summed E-state index contributed by atoms with van der Waals surface area (Å²) in [5.41, 5.74) is 5.94. The van der Waals surface area contributed by atoms with E-state index in [-0.39, 0.29) is 11.3 Å². The molecule has 0 saturated heterocycles. The van der Waals surface area contributed by atoms with Crippen molar-refractivity contribution in [3.63, 3.8) is 0 Å². The van der Waals surface area contributed by atoms with E-state index in [0.29, 0.717) is 13.0 Å². The Bertz CT molecular complexity index is 212. The summed E-state index contributed by atoms with van der Waals surface area (Å²) in [6.07, 6.45) is 1.51. The van der Waals surface area contributed by atoms with Crippen LogP contribution in [0.1, 0.15) is 33.6 Å². The van der Waals surface area contributed by atoms with Crippen LogP contribution in [-0.2, 0) is 9.53 Å². The fourth-order valence-electron chi connectivity index (χ4n) is 1.64. The molecule has 2 N–H and O–H groups in total. The molecular formula is C12H26N2O2. The van der Waals surface area contributed by atoms with Gasteiger partial charge in [0.2, 0.25) is 5.91 Å². The molecule has 1 unspecified atom stereocenters. The van der Waals surface area contributed by atoms with E-state index in [0.717, 1.165) is 13.0 Å². The normalized spacial score (nSPS) is 13.6. The molecule has 0 aliphatic carbocycles. The van der Waals surface area contributed by atoms with Crippen LogP contribution in [0.5, 0.6) is 0 Å². The SMILES string of the molecule is COCCCC(N)C(=O)N(C)CC(C)(C)C. The third kappa shape index (κ3) is 6.80. The number of nitrogens with zero attached hydrogens (tertiary/aromatic N) is 1. The lowest BCUT2D eigenvalue weighted by Gasteiger charge is -2.28. The van der Waals surface area contributed by atoms with Crippen LogP contribution < -0.4 is 5.73 Å². The topological polar surface area (TPSA) is 55.6 Å². The van der Waals surface area contributed by atoms with Crippen LogP contribution in [0.3, 0.4) is 0 Å². The zero-order chi connectivity index (χ0) is 12.8. The van der Waals surface area contributed by atoms with Gasteiger partial charge in [0.1, 0.15) is 0 Å². The van der Waals surface area contributed by atoms with E-state index in [1.54, 1.807) is 12.0 Å². The zero-order valence-corrected chi connectivity index (χ0v) is 11.2. The van der Waals surface area contributed by atoms with E-state index < -0.39 is 6.04 Å². The number of hydrogen-bond donors (Lipinski definition) is 1. The third-order valence-electron chi connectivity index (χ3n) is 2.27. The summed E-state index contributed by atoms with van der Waals surface area (Å²) in [5, 5.41) is 0. The number of hydrogen-bond acceptors (Lipinski definition) is 3. The van der Waals surface area contributed by atoms with Crippen molar-refractivity contribution in [3.05, 3.63) is 0 Å². The first-order chi connectivity index (χ1) is 7.28. The monoisotopic (exact) mass is 230 g/mol. The number of amides is 1. The smallest absolute Gasteiger partial charge is 0.239 e. The molecule has 4 heteroatoms.